The summed E-state index contributed by atoms with van der Waals surface area (Å²) in [4.78, 5) is 0. The summed E-state index contributed by atoms with van der Waals surface area (Å²) in [6.07, 6.45) is 5.91. The minimum atomic E-state index is -0.402. The van der Waals surface area contributed by atoms with Crippen molar-refractivity contribution < 1.29 is 14.2 Å². The molecule has 0 heterocycles. The van der Waals surface area contributed by atoms with Crippen LogP contribution in [0.3, 0.4) is 0 Å². The fourth-order valence-corrected chi connectivity index (χ4v) is 2.27. The minimum Gasteiger partial charge on any atom is -0.623 e. The average molecular weight is 307 g/mol. The molecule has 1 aromatic carbocycles. The zero-order valence-corrected chi connectivity index (χ0v) is 14.5. The topological polar surface area (TPSA) is 44.5 Å². The van der Waals surface area contributed by atoms with Gasteiger partial charge in [-0.2, -0.15) is 0 Å². The number of nitrogens with zero attached hydrogens (tertiary/aromatic N) is 1. The number of rotatable bonds is 9. The molecule has 0 aliphatic rings. The number of unbranched alkanes of at least 4 members (excludes halogenated alkanes) is 2. The first-order chi connectivity index (χ1) is 10.4. The Kier molecular flexibility index (Phi) is 7.22. The van der Waals surface area contributed by atoms with E-state index in [0.717, 1.165) is 36.0 Å². The van der Waals surface area contributed by atoms with Crippen molar-refractivity contribution in [1.29, 1.82) is 0 Å². The molecule has 0 unspecified atom stereocenters. The third kappa shape index (κ3) is 5.24. The molecule has 1 aromatic rings. The van der Waals surface area contributed by atoms with Crippen molar-refractivity contribution in [3.8, 4) is 11.5 Å². The summed E-state index contributed by atoms with van der Waals surface area (Å²) >= 11 is 0. The van der Waals surface area contributed by atoms with Crippen LogP contribution in [-0.4, -0.2) is 30.2 Å². The molecule has 0 fully saturated rings. The summed E-state index contributed by atoms with van der Waals surface area (Å²) < 4.78 is 11.9. The van der Waals surface area contributed by atoms with Gasteiger partial charge < -0.3 is 14.7 Å². The van der Waals surface area contributed by atoms with Crippen molar-refractivity contribution in [1.82, 2.24) is 0 Å². The Labute approximate surface area is 134 Å². The van der Waals surface area contributed by atoms with Crippen LogP contribution in [0, 0.1) is 5.21 Å². The van der Waals surface area contributed by atoms with Crippen molar-refractivity contribution in [2.45, 2.75) is 58.9 Å². The van der Waals surface area contributed by atoms with Gasteiger partial charge in [0.2, 0.25) is 0 Å². The zero-order chi connectivity index (χ0) is 16.6. The van der Waals surface area contributed by atoms with Crippen LogP contribution in [0.5, 0.6) is 11.5 Å². The fourth-order valence-electron chi connectivity index (χ4n) is 2.27. The maximum absolute atomic E-state index is 12.4. The van der Waals surface area contributed by atoms with Crippen molar-refractivity contribution in [3.05, 3.63) is 29.0 Å². The van der Waals surface area contributed by atoms with E-state index >= 15 is 0 Å². The van der Waals surface area contributed by atoms with E-state index < -0.39 is 5.54 Å². The van der Waals surface area contributed by atoms with Crippen LogP contribution in [0.25, 0.3) is 0 Å². The number of methoxy groups -OCH3 is 1. The molecule has 0 saturated carbocycles. The highest BCUT2D eigenvalue weighted by molar-refractivity contribution is 5.77. The number of hydrogen-bond donors (Lipinski definition) is 0. The Balaban J connectivity index is 2.92. The molecule has 0 aromatic heterocycles. The lowest BCUT2D eigenvalue weighted by Gasteiger charge is -2.24. The molecule has 0 spiro atoms. The van der Waals surface area contributed by atoms with Crippen molar-refractivity contribution in [3.63, 3.8) is 0 Å². The van der Waals surface area contributed by atoms with Crippen molar-refractivity contribution in [2.75, 3.05) is 13.7 Å². The Bertz CT molecular complexity index is 495. The second-order valence-electron chi connectivity index (χ2n) is 6.07. The largest absolute Gasteiger partial charge is 0.623 e. The van der Waals surface area contributed by atoms with E-state index in [-0.39, 0.29) is 0 Å². The van der Waals surface area contributed by atoms with E-state index in [4.69, 9.17) is 9.47 Å². The van der Waals surface area contributed by atoms with Gasteiger partial charge in [0.05, 0.1) is 13.7 Å². The lowest BCUT2D eigenvalue weighted by atomic mass is 9.97. The highest BCUT2D eigenvalue weighted by Crippen LogP contribution is 2.27. The molecule has 4 nitrogen and oxygen atoms in total. The van der Waals surface area contributed by atoms with Crippen LogP contribution < -0.4 is 9.47 Å². The predicted molar refractivity (Wildman–Crippen MR) is 91.2 cm³/mol. The van der Waals surface area contributed by atoms with Gasteiger partial charge >= 0.3 is 0 Å². The van der Waals surface area contributed by atoms with Gasteiger partial charge in [-0.3, -0.25) is 0 Å². The molecular weight excluding hydrogens is 278 g/mol. The van der Waals surface area contributed by atoms with Gasteiger partial charge in [0.1, 0.15) is 0 Å². The van der Waals surface area contributed by atoms with Crippen LogP contribution in [0.1, 0.15) is 58.9 Å². The lowest BCUT2D eigenvalue weighted by Crippen LogP contribution is -2.33. The van der Waals surface area contributed by atoms with Gasteiger partial charge in [0, 0.05) is 25.8 Å². The summed E-state index contributed by atoms with van der Waals surface area (Å²) in [5.74, 6) is 1.34. The first-order valence-corrected chi connectivity index (χ1v) is 8.06. The average Bonchev–Trinajstić information content (AvgIpc) is 2.48. The molecule has 0 saturated heterocycles. The summed E-state index contributed by atoms with van der Waals surface area (Å²) in [6.45, 7) is 8.62. The molecule has 0 aliphatic heterocycles. The van der Waals surface area contributed by atoms with Crippen LogP contribution in [0.2, 0.25) is 0 Å². The van der Waals surface area contributed by atoms with E-state index in [1.807, 2.05) is 39.0 Å². The summed E-state index contributed by atoms with van der Waals surface area (Å²) in [7, 11) is 1.61. The number of hydroxylamine groups is 1. The standard InChI is InChI=1S/C18H29NO3/c1-6-8-9-12-18(3,4)19(20)14-15-10-11-16(21-5)17(13-15)22-7-2/h10-11,13-14H,6-9,12H2,1-5H3. The van der Waals surface area contributed by atoms with E-state index in [2.05, 4.69) is 6.92 Å². The van der Waals surface area contributed by atoms with Gasteiger partial charge in [-0.1, -0.05) is 19.8 Å². The Hall–Kier alpha value is -1.71. The minimum absolute atomic E-state index is 0.402. The molecule has 22 heavy (non-hydrogen) atoms. The molecule has 0 aliphatic carbocycles. The highest BCUT2D eigenvalue weighted by Gasteiger charge is 2.25. The summed E-state index contributed by atoms with van der Waals surface area (Å²) in [5, 5.41) is 12.4. The predicted octanol–water partition coefficient (Wildman–Crippen LogP) is 4.38. The Morgan fingerprint density at radius 2 is 1.91 bits per heavy atom. The normalized spacial score (nSPS) is 12.3. The summed E-state index contributed by atoms with van der Waals surface area (Å²) in [6, 6.07) is 5.54. The first kappa shape index (κ1) is 18.3. The van der Waals surface area contributed by atoms with Crippen LogP contribution >= 0.6 is 0 Å². The van der Waals surface area contributed by atoms with Crippen LogP contribution in [-0.2, 0) is 0 Å². The fraction of sp³-hybridized carbons (Fsp3) is 0.611. The second-order valence-corrected chi connectivity index (χ2v) is 6.07. The van der Waals surface area contributed by atoms with Gasteiger partial charge in [-0.05, 0) is 31.5 Å². The van der Waals surface area contributed by atoms with E-state index in [1.54, 1.807) is 13.3 Å². The summed E-state index contributed by atoms with van der Waals surface area (Å²) in [5.41, 5.74) is 0.420. The Morgan fingerprint density at radius 3 is 2.50 bits per heavy atom. The first-order valence-electron chi connectivity index (χ1n) is 8.06. The molecule has 0 radical (unpaired) electrons. The maximum Gasteiger partial charge on any atom is 0.182 e. The molecule has 0 N–H and O–H groups in total. The molecule has 0 atom stereocenters. The molecule has 1 rings (SSSR count). The van der Waals surface area contributed by atoms with E-state index in [1.165, 1.54) is 0 Å². The van der Waals surface area contributed by atoms with Gasteiger partial charge in [0.15, 0.2) is 23.3 Å². The third-order valence-electron chi connectivity index (χ3n) is 3.74. The number of ether oxygens (including phenoxy) is 2. The maximum atomic E-state index is 12.4. The molecule has 4 heteroatoms. The monoisotopic (exact) mass is 307 g/mol. The van der Waals surface area contributed by atoms with Crippen LogP contribution in [0.4, 0.5) is 0 Å². The van der Waals surface area contributed by atoms with Gasteiger partial charge in [-0.15, -0.1) is 0 Å². The second kappa shape index (κ2) is 8.66. The number of benzene rings is 1. The highest BCUT2D eigenvalue weighted by atomic mass is 16.5. The van der Waals surface area contributed by atoms with Gasteiger partial charge in [0.25, 0.3) is 0 Å². The Morgan fingerprint density at radius 1 is 1.18 bits per heavy atom. The lowest BCUT2D eigenvalue weighted by molar-refractivity contribution is -0.537. The third-order valence-corrected chi connectivity index (χ3v) is 3.74. The number of hydrogen-bond acceptors (Lipinski definition) is 3. The van der Waals surface area contributed by atoms with Crippen LogP contribution in [0.15, 0.2) is 18.2 Å². The molecule has 0 bridgehead atoms. The van der Waals surface area contributed by atoms with Gasteiger partial charge in [-0.25, -0.2) is 4.74 Å². The molecular formula is C18H29NO3. The van der Waals surface area contributed by atoms with Crippen molar-refractivity contribution >= 4 is 6.21 Å². The smallest absolute Gasteiger partial charge is 0.182 e. The quantitative estimate of drug-likeness (QED) is 0.223. The molecule has 124 valence electrons. The zero-order valence-electron chi connectivity index (χ0n) is 14.5. The SMILES string of the molecule is CCCCCC(C)(C)[N+]([O-])=Cc1ccc(OC)c(OCC)c1. The molecule has 0 amide bonds. The van der Waals surface area contributed by atoms with E-state index in [9.17, 15) is 5.21 Å². The van der Waals surface area contributed by atoms with E-state index in [0.29, 0.717) is 18.1 Å². The van der Waals surface area contributed by atoms with Crippen molar-refractivity contribution in [2.24, 2.45) is 0 Å².